The van der Waals surface area contributed by atoms with E-state index in [-0.39, 0.29) is 30.8 Å². The minimum absolute atomic E-state index is 0.111. The molecule has 1 unspecified atom stereocenters. The molecular weight excluding hydrogens is 522 g/mol. The third kappa shape index (κ3) is 8.46. The quantitative estimate of drug-likeness (QED) is 0.373. The lowest BCUT2D eigenvalue weighted by Gasteiger charge is -2.33. The Hall–Kier alpha value is -2.58. The highest BCUT2D eigenvalue weighted by molar-refractivity contribution is 7.92. The summed E-state index contributed by atoms with van der Waals surface area (Å²) in [6.45, 7) is 4.40. The highest BCUT2D eigenvalue weighted by Crippen LogP contribution is 2.23. The Morgan fingerprint density at radius 3 is 2.32 bits per heavy atom. The van der Waals surface area contributed by atoms with Gasteiger partial charge in [-0.3, -0.25) is 13.9 Å². The van der Waals surface area contributed by atoms with Crippen LogP contribution in [0.4, 0.5) is 5.69 Å². The normalized spacial score (nSPS) is 15.1. The van der Waals surface area contributed by atoms with Crippen LogP contribution in [0.1, 0.15) is 69.4 Å². The molecule has 0 spiro atoms. The minimum atomic E-state index is -3.55. The number of rotatable bonds is 12. The van der Waals surface area contributed by atoms with Gasteiger partial charge >= 0.3 is 0 Å². The van der Waals surface area contributed by atoms with E-state index in [9.17, 15) is 18.0 Å². The third-order valence-corrected chi connectivity index (χ3v) is 8.65. The summed E-state index contributed by atoms with van der Waals surface area (Å²) in [5, 5.41) is 3.71. The largest absolute Gasteiger partial charge is 0.352 e. The predicted octanol–water partition coefficient (Wildman–Crippen LogP) is 5.45. The number of carbonyl (C=O) groups excluding carboxylic acids is 2. The molecule has 0 saturated heterocycles. The van der Waals surface area contributed by atoms with Gasteiger partial charge in [-0.1, -0.05) is 62.1 Å². The molecule has 1 N–H and O–H groups in total. The number of aryl methyl sites for hydroxylation is 1. The maximum absolute atomic E-state index is 13.6. The van der Waals surface area contributed by atoms with Crippen LogP contribution >= 0.6 is 11.6 Å². The van der Waals surface area contributed by atoms with Gasteiger partial charge in [0.15, 0.2) is 0 Å². The summed E-state index contributed by atoms with van der Waals surface area (Å²) in [6, 6.07) is 14.0. The molecule has 1 fully saturated rings. The average molecular weight is 562 g/mol. The summed E-state index contributed by atoms with van der Waals surface area (Å²) in [5.74, 6) is -0.274. The molecule has 0 aromatic heterocycles. The number of nitrogens with zero attached hydrogens (tertiary/aromatic N) is 2. The molecule has 208 valence electrons. The van der Waals surface area contributed by atoms with Gasteiger partial charge in [-0.05, 0) is 68.0 Å². The lowest BCUT2D eigenvalue weighted by atomic mass is 9.95. The molecule has 2 aromatic carbocycles. The van der Waals surface area contributed by atoms with E-state index in [4.69, 9.17) is 11.6 Å². The summed E-state index contributed by atoms with van der Waals surface area (Å²) >= 11 is 5.97. The van der Waals surface area contributed by atoms with Crippen LogP contribution in [0.15, 0.2) is 48.5 Å². The maximum atomic E-state index is 13.6. The van der Waals surface area contributed by atoms with Crippen molar-refractivity contribution >= 4 is 39.1 Å². The zero-order valence-electron chi connectivity index (χ0n) is 22.7. The monoisotopic (exact) mass is 561 g/mol. The van der Waals surface area contributed by atoms with Crippen molar-refractivity contribution in [3.8, 4) is 0 Å². The molecule has 7 nitrogen and oxygen atoms in total. The molecule has 1 saturated carbocycles. The van der Waals surface area contributed by atoms with Crippen LogP contribution < -0.4 is 9.62 Å². The van der Waals surface area contributed by atoms with Crippen molar-refractivity contribution in [1.29, 1.82) is 0 Å². The fourth-order valence-electron chi connectivity index (χ4n) is 5.05. The maximum Gasteiger partial charge on any atom is 0.243 e. The van der Waals surface area contributed by atoms with Gasteiger partial charge in [0.2, 0.25) is 21.8 Å². The number of halogens is 1. The molecule has 1 aliphatic rings. The summed E-state index contributed by atoms with van der Waals surface area (Å²) in [6.07, 6.45) is 7.45. The van der Waals surface area contributed by atoms with Gasteiger partial charge in [0.25, 0.3) is 0 Å². The Morgan fingerprint density at radius 2 is 1.71 bits per heavy atom. The van der Waals surface area contributed by atoms with Crippen LogP contribution in [0.5, 0.6) is 0 Å². The summed E-state index contributed by atoms with van der Waals surface area (Å²) in [4.78, 5) is 28.7. The van der Waals surface area contributed by atoms with E-state index in [1.807, 2.05) is 38.1 Å². The first-order chi connectivity index (χ1) is 18.1. The van der Waals surface area contributed by atoms with Gasteiger partial charge in [0.05, 0.1) is 11.9 Å². The van der Waals surface area contributed by atoms with Crippen LogP contribution in [-0.4, -0.2) is 50.0 Å². The lowest BCUT2D eigenvalue weighted by molar-refractivity contribution is -0.141. The van der Waals surface area contributed by atoms with E-state index >= 15 is 0 Å². The summed E-state index contributed by atoms with van der Waals surface area (Å²) in [7, 11) is -3.55. The highest BCUT2D eigenvalue weighted by atomic mass is 35.5. The molecule has 3 rings (SSSR count). The Labute approximate surface area is 232 Å². The SMILES string of the molecule is CCC(C(=O)NC1CCCCC1)N(Cc1ccccc1C)C(=O)CCCN(c1ccc(Cl)cc1)S(C)(=O)=O. The molecule has 1 atom stereocenters. The van der Waals surface area contributed by atoms with Crippen LogP contribution in [0.3, 0.4) is 0 Å². The lowest BCUT2D eigenvalue weighted by Crippen LogP contribution is -2.51. The Kier molecular flexibility index (Phi) is 11.0. The smallest absolute Gasteiger partial charge is 0.243 e. The molecule has 2 aromatic rings. The molecule has 0 heterocycles. The van der Waals surface area contributed by atoms with E-state index in [0.29, 0.717) is 30.1 Å². The summed E-state index contributed by atoms with van der Waals surface area (Å²) in [5.41, 5.74) is 2.54. The van der Waals surface area contributed by atoms with Crippen molar-refractivity contribution in [3.05, 3.63) is 64.7 Å². The van der Waals surface area contributed by atoms with Crippen LogP contribution in [0.25, 0.3) is 0 Å². The summed E-state index contributed by atoms with van der Waals surface area (Å²) < 4.78 is 26.3. The number of hydrogen-bond acceptors (Lipinski definition) is 4. The molecule has 9 heteroatoms. The standard InChI is InChI=1S/C29H40ClN3O4S/c1-4-27(29(35)31-25-13-6-5-7-14-25)32(21-23-12-9-8-11-22(23)2)28(34)15-10-20-33(38(3,36)37)26-18-16-24(30)17-19-26/h8-9,11-12,16-19,25,27H,4-7,10,13-15,20-21H2,1-3H3,(H,31,35). The van der Waals surface area contributed by atoms with Crippen LogP contribution in [-0.2, 0) is 26.2 Å². The number of anilines is 1. The topological polar surface area (TPSA) is 86.8 Å². The Balaban J connectivity index is 1.76. The van der Waals surface area contributed by atoms with Crippen molar-refractivity contribution < 1.29 is 18.0 Å². The molecule has 0 bridgehead atoms. The second-order valence-corrected chi connectivity index (χ2v) is 12.5. The Morgan fingerprint density at radius 1 is 1.05 bits per heavy atom. The van der Waals surface area contributed by atoms with Crippen molar-refractivity contribution in [2.24, 2.45) is 0 Å². The van der Waals surface area contributed by atoms with Crippen molar-refractivity contribution in [2.75, 3.05) is 17.1 Å². The first kappa shape index (κ1) is 30.0. The second-order valence-electron chi connectivity index (χ2n) is 10.1. The molecular formula is C29H40ClN3O4S. The fraction of sp³-hybridized carbons (Fsp3) is 0.517. The van der Waals surface area contributed by atoms with Gasteiger partial charge in [-0.15, -0.1) is 0 Å². The highest BCUT2D eigenvalue weighted by Gasteiger charge is 2.30. The predicted molar refractivity (Wildman–Crippen MR) is 154 cm³/mol. The van der Waals surface area contributed by atoms with Gasteiger partial charge in [-0.2, -0.15) is 0 Å². The number of hydrogen-bond donors (Lipinski definition) is 1. The Bertz CT molecular complexity index is 1180. The molecule has 1 aliphatic carbocycles. The van der Waals surface area contributed by atoms with Crippen LogP contribution in [0, 0.1) is 6.92 Å². The number of carbonyl (C=O) groups is 2. The van der Waals surface area contributed by atoms with Crippen molar-refractivity contribution in [3.63, 3.8) is 0 Å². The zero-order chi connectivity index (χ0) is 27.7. The van der Waals surface area contributed by atoms with Gasteiger partial charge in [-0.25, -0.2) is 8.42 Å². The van der Waals surface area contributed by atoms with Gasteiger partial charge in [0.1, 0.15) is 6.04 Å². The average Bonchev–Trinajstić information content (AvgIpc) is 2.88. The molecule has 0 aliphatic heterocycles. The number of benzene rings is 2. The van der Waals surface area contributed by atoms with Gasteiger partial charge < -0.3 is 10.2 Å². The van der Waals surface area contributed by atoms with Crippen LogP contribution in [0.2, 0.25) is 5.02 Å². The van der Waals surface area contributed by atoms with Crippen molar-refractivity contribution in [1.82, 2.24) is 10.2 Å². The third-order valence-electron chi connectivity index (χ3n) is 7.21. The first-order valence-electron chi connectivity index (χ1n) is 13.5. The number of nitrogens with one attached hydrogen (secondary N) is 1. The van der Waals surface area contributed by atoms with Gasteiger partial charge in [0, 0.05) is 30.6 Å². The molecule has 0 radical (unpaired) electrons. The minimum Gasteiger partial charge on any atom is -0.352 e. The number of amides is 2. The van der Waals surface area contributed by atoms with E-state index < -0.39 is 16.1 Å². The van der Waals surface area contributed by atoms with E-state index in [1.54, 1.807) is 29.2 Å². The zero-order valence-corrected chi connectivity index (χ0v) is 24.2. The van der Waals surface area contributed by atoms with E-state index in [1.165, 1.54) is 10.7 Å². The fourth-order valence-corrected chi connectivity index (χ4v) is 6.14. The second kappa shape index (κ2) is 14.0. The molecule has 2 amide bonds. The number of sulfonamides is 1. The first-order valence-corrected chi connectivity index (χ1v) is 15.7. The molecule has 38 heavy (non-hydrogen) atoms. The van der Waals surface area contributed by atoms with Crippen molar-refractivity contribution in [2.45, 2.75) is 83.8 Å². The van der Waals surface area contributed by atoms with E-state index in [2.05, 4.69) is 5.32 Å². The van der Waals surface area contributed by atoms with E-state index in [0.717, 1.165) is 43.1 Å².